The van der Waals surface area contributed by atoms with Crippen LogP contribution in [0.15, 0.2) is 4.52 Å². The van der Waals surface area contributed by atoms with Crippen LogP contribution in [0.5, 0.6) is 0 Å². The summed E-state index contributed by atoms with van der Waals surface area (Å²) in [5.74, 6) is 1.84. The highest BCUT2D eigenvalue weighted by Crippen LogP contribution is 2.10. The molecule has 0 saturated carbocycles. The van der Waals surface area contributed by atoms with Crippen molar-refractivity contribution in [2.75, 3.05) is 19.5 Å². The predicted molar refractivity (Wildman–Crippen MR) is 54.9 cm³/mol. The van der Waals surface area contributed by atoms with Gasteiger partial charge < -0.3 is 15.0 Å². The molecule has 2 N–H and O–H groups in total. The van der Waals surface area contributed by atoms with Crippen molar-refractivity contribution in [3.63, 3.8) is 0 Å². The Morgan fingerprint density at radius 1 is 1.64 bits per heavy atom. The molecule has 0 saturated heterocycles. The smallest absolute Gasteiger partial charge is 0.236 e. The second-order valence-corrected chi connectivity index (χ2v) is 3.61. The van der Waals surface area contributed by atoms with Gasteiger partial charge in [-0.15, -0.1) is 0 Å². The summed E-state index contributed by atoms with van der Waals surface area (Å²) in [5.41, 5.74) is 5.77. The first-order valence-electron chi connectivity index (χ1n) is 4.42. The van der Waals surface area contributed by atoms with E-state index in [1.54, 1.807) is 11.8 Å². The van der Waals surface area contributed by atoms with Gasteiger partial charge in [0.25, 0.3) is 0 Å². The van der Waals surface area contributed by atoms with Crippen molar-refractivity contribution in [3.05, 3.63) is 11.7 Å². The Bertz CT molecular complexity index is 267. The Labute approximate surface area is 87.4 Å². The van der Waals surface area contributed by atoms with E-state index in [9.17, 15) is 0 Å². The summed E-state index contributed by atoms with van der Waals surface area (Å²) >= 11 is 1.63. The van der Waals surface area contributed by atoms with Crippen molar-refractivity contribution in [3.8, 4) is 0 Å². The predicted octanol–water partition coefficient (Wildman–Crippen LogP) is 0.969. The summed E-state index contributed by atoms with van der Waals surface area (Å²) in [6.45, 7) is 2.99. The third-order valence-corrected chi connectivity index (χ3v) is 2.12. The Kier molecular flexibility index (Phi) is 4.92. The van der Waals surface area contributed by atoms with E-state index in [1.165, 1.54) is 0 Å². The minimum atomic E-state index is -0.297. The molecule has 0 spiro atoms. The SMILES string of the molecule is CCOCC(N)c1noc(CSC)n1. The van der Waals surface area contributed by atoms with E-state index in [0.717, 1.165) is 0 Å². The number of nitrogens with two attached hydrogens (primary N) is 1. The van der Waals surface area contributed by atoms with Gasteiger partial charge in [0, 0.05) is 6.61 Å². The van der Waals surface area contributed by atoms with Crippen LogP contribution in [0.2, 0.25) is 0 Å². The molecule has 5 nitrogen and oxygen atoms in total. The summed E-state index contributed by atoms with van der Waals surface area (Å²) in [6.07, 6.45) is 1.98. The van der Waals surface area contributed by atoms with Crippen LogP contribution >= 0.6 is 11.8 Å². The summed E-state index contributed by atoms with van der Waals surface area (Å²) < 4.78 is 10.2. The first kappa shape index (κ1) is 11.5. The van der Waals surface area contributed by atoms with Crippen molar-refractivity contribution < 1.29 is 9.26 Å². The normalized spacial score (nSPS) is 13.1. The van der Waals surface area contributed by atoms with Crippen molar-refractivity contribution in [2.45, 2.75) is 18.7 Å². The van der Waals surface area contributed by atoms with Crippen LogP contribution in [0, 0.1) is 0 Å². The zero-order valence-corrected chi connectivity index (χ0v) is 9.21. The second-order valence-electron chi connectivity index (χ2n) is 2.75. The molecule has 0 aliphatic rings. The summed E-state index contributed by atoms with van der Waals surface area (Å²) in [7, 11) is 0. The Balaban J connectivity index is 2.48. The van der Waals surface area contributed by atoms with E-state index in [-0.39, 0.29) is 6.04 Å². The number of nitrogens with zero attached hydrogens (tertiary/aromatic N) is 2. The molecule has 80 valence electrons. The second kappa shape index (κ2) is 6.00. The molecular weight excluding hydrogens is 202 g/mol. The van der Waals surface area contributed by atoms with E-state index in [2.05, 4.69) is 10.1 Å². The Morgan fingerprint density at radius 3 is 3.07 bits per heavy atom. The van der Waals surface area contributed by atoms with Gasteiger partial charge in [-0.05, 0) is 13.2 Å². The van der Waals surface area contributed by atoms with Gasteiger partial charge in [-0.2, -0.15) is 16.7 Å². The monoisotopic (exact) mass is 217 g/mol. The van der Waals surface area contributed by atoms with Crippen LogP contribution in [0.1, 0.15) is 24.7 Å². The highest BCUT2D eigenvalue weighted by atomic mass is 32.2. The van der Waals surface area contributed by atoms with E-state index in [0.29, 0.717) is 30.7 Å². The maximum atomic E-state index is 5.77. The molecule has 1 heterocycles. The number of rotatable bonds is 6. The molecule has 1 atom stereocenters. The quantitative estimate of drug-likeness (QED) is 0.765. The molecule has 0 fully saturated rings. The zero-order chi connectivity index (χ0) is 10.4. The number of hydrogen-bond acceptors (Lipinski definition) is 6. The molecule has 6 heteroatoms. The lowest BCUT2D eigenvalue weighted by Gasteiger charge is -2.05. The van der Waals surface area contributed by atoms with Gasteiger partial charge in [-0.25, -0.2) is 0 Å². The van der Waals surface area contributed by atoms with Gasteiger partial charge in [0.15, 0.2) is 5.82 Å². The van der Waals surface area contributed by atoms with Crippen molar-refractivity contribution >= 4 is 11.8 Å². The minimum Gasteiger partial charge on any atom is -0.380 e. The highest BCUT2D eigenvalue weighted by molar-refractivity contribution is 7.97. The van der Waals surface area contributed by atoms with Gasteiger partial charge in [0.05, 0.1) is 18.4 Å². The van der Waals surface area contributed by atoms with Gasteiger partial charge in [-0.3, -0.25) is 0 Å². The third kappa shape index (κ3) is 3.28. The van der Waals surface area contributed by atoms with Crippen LogP contribution in [-0.2, 0) is 10.5 Å². The Hall–Kier alpha value is -0.590. The number of hydrogen-bond donors (Lipinski definition) is 1. The van der Waals surface area contributed by atoms with Crippen molar-refractivity contribution in [1.82, 2.24) is 10.1 Å². The van der Waals surface area contributed by atoms with Crippen LogP contribution in [0.25, 0.3) is 0 Å². The van der Waals surface area contributed by atoms with Gasteiger partial charge in [0.2, 0.25) is 5.89 Å². The molecule has 0 aliphatic heterocycles. The maximum absolute atomic E-state index is 5.77. The molecule has 14 heavy (non-hydrogen) atoms. The lowest BCUT2D eigenvalue weighted by molar-refractivity contribution is 0.130. The molecule has 1 unspecified atom stereocenters. The molecule has 1 rings (SSSR count). The molecule has 0 radical (unpaired) electrons. The summed E-state index contributed by atoms with van der Waals surface area (Å²) in [5, 5.41) is 3.78. The minimum absolute atomic E-state index is 0.297. The fourth-order valence-electron chi connectivity index (χ4n) is 0.920. The van der Waals surface area contributed by atoms with Crippen molar-refractivity contribution in [2.24, 2.45) is 5.73 Å². The van der Waals surface area contributed by atoms with E-state index in [4.69, 9.17) is 15.0 Å². The molecule has 0 bridgehead atoms. The first-order valence-corrected chi connectivity index (χ1v) is 5.82. The van der Waals surface area contributed by atoms with Crippen LogP contribution < -0.4 is 5.73 Å². The van der Waals surface area contributed by atoms with E-state index < -0.39 is 0 Å². The van der Waals surface area contributed by atoms with Gasteiger partial charge >= 0.3 is 0 Å². The highest BCUT2D eigenvalue weighted by Gasteiger charge is 2.13. The van der Waals surface area contributed by atoms with Crippen molar-refractivity contribution in [1.29, 1.82) is 0 Å². The molecular formula is C8H15N3O2S. The fourth-order valence-corrected chi connectivity index (χ4v) is 1.28. The van der Waals surface area contributed by atoms with Gasteiger partial charge in [-0.1, -0.05) is 5.16 Å². The maximum Gasteiger partial charge on any atom is 0.236 e. The molecule has 1 aromatic heterocycles. The average molecular weight is 217 g/mol. The molecule has 1 aromatic rings. The summed E-state index contributed by atoms with van der Waals surface area (Å²) in [4.78, 5) is 4.15. The lowest BCUT2D eigenvalue weighted by Crippen LogP contribution is -2.18. The molecule has 0 aromatic carbocycles. The lowest BCUT2D eigenvalue weighted by atomic mass is 10.3. The molecule has 0 aliphatic carbocycles. The van der Waals surface area contributed by atoms with E-state index in [1.807, 2.05) is 13.2 Å². The average Bonchev–Trinajstić information content (AvgIpc) is 2.63. The van der Waals surface area contributed by atoms with Crippen LogP contribution in [0.4, 0.5) is 0 Å². The van der Waals surface area contributed by atoms with Gasteiger partial charge in [0.1, 0.15) is 0 Å². The first-order chi connectivity index (χ1) is 6.77. The fraction of sp³-hybridized carbons (Fsp3) is 0.750. The largest absolute Gasteiger partial charge is 0.380 e. The number of ether oxygens (including phenoxy) is 1. The standard InChI is InChI=1S/C8H15N3O2S/c1-3-12-4-6(9)8-10-7(5-14-2)13-11-8/h6H,3-5,9H2,1-2H3. The van der Waals surface area contributed by atoms with Crippen LogP contribution in [-0.4, -0.2) is 29.6 Å². The number of aromatic nitrogens is 2. The van der Waals surface area contributed by atoms with Crippen LogP contribution in [0.3, 0.4) is 0 Å². The van der Waals surface area contributed by atoms with E-state index >= 15 is 0 Å². The number of thioether (sulfide) groups is 1. The third-order valence-electron chi connectivity index (χ3n) is 1.58. The molecule has 0 amide bonds. The summed E-state index contributed by atoms with van der Waals surface area (Å²) in [6, 6.07) is -0.297. The zero-order valence-electron chi connectivity index (χ0n) is 8.40. The topological polar surface area (TPSA) is 74.2 Å². The Morgan fingerprint density at radius 2 is 2.43 bits per heavy atom.